The molecule has 1 heterocycles. The van der Waals surface area contributed by atoms with Gasteiger partial charge >= 0.3 is 5.97 Å². The Hall–Kier alpha value is -3.94. The van der Waals surface area contributed by atoms with E-state index in [0.717, 1.165) is 29.9 Å². The molecule has 0 radical (unpaired) electrons. The summed E-state index contributed by atoms with van der Waals surface area (Å²) >= 11 is 0. The maximum atomic E-state index is 13.5. The predicted octanol–water partition coefficient (Wildman–Crippen LogP) is 4.43. The third-order valence-electron chi connectivity index (χ3n) is 6.55. The molecule has 0 aromatic heterocycles. The van der Waals surface area contributed by atoms with Gasteiger partial charge in [0.2, 0.25) is 5.75 Å². The van der Waals surface area contributed by atoms with Crippen molar-refractivity contribution in [2.75, 3.05) is 28.4 Å². The molecule has 1 atom stereocenters. The quantitative estimate of drug-likeness (QED) is 0.540. The number of nitrogens with one attached hydrogen (secondary N) is 1. The Labute approximate surface area is 210 Å². The van der Waals surface area contributed by atoms with Crippen LogP contribution < -0.4 is 24.3 Å². The van der Waals surface area contributed by atoms with Gasteiger partial charge in [0.05, 0.1) is 34.0 Å². The number of Topliss-reactive ketones (excluding diaryl/α,β-unsaturated/α-hetero) is 1. The van der Waals surface area contributed by atoms with Crippen molar-refractivity contribution in [2.24, 2.45) is 0 Å². The second kappa shape index (κ2) is 10.8. The van der Waals surface area contributed by atoms with Crippen molar-refractivity contribution < 1.29 is 33.3 Å². The van der Waals surface area contributed by atoms with Crippen LogP contribution in [0.3, 0.4) is 0 Å². The van der Waals surface area contributed by atoms with Crippen molar-refractivity contribution in [1.82, 2.24) is 5.32 Å². The largest absolute Gasteiger partial charge is 0.497 e. The number of carbonyl (C=O) groups excluding carboxylic acids is 2. The van der Waals surface area contributed by atoms with Gasteiger partial charge in [-0.1, -0.05) is 12.1 Å². The molecule has 2 aromatic carbocycles. The molecule has 36 heavy (non-hydrogen) atoms. The van der Waals surface area contributed by atoms with Crippen molar-refractivity contribution in [2.45, 2.75) is 38.7 Å². The van der Waals surface area contributed by atoms with Gasteiger partial charge in [-0.05, 0) is 55.2 Å². The van der Waals surface area contributed by atoms with E-state index in [1.165, 1.54) is 21.3 Å². The van der Waals surface area contributed by atoms with E-state index >= 15 is 0 Å². The molecule has 0 amide bonds. The predicted molar refractivity (Wildman–Crippen MR) is 133 cm³/mol. The minimum atomic E-state index is -0.633. The van der Waals surface area contributed by atoms with Crippen LogP contribution >= 0.6 is 0 Å². The number of carbonyl (C=O) groups is 2. The second-order valence-electron chi connectivity index (χ2n) is 8.65. The number of ketones is 1. The maximum Gasteiger partial charge on any atom is 0.337 e. The molecule has 190 valence electrons. The number of rotatable bonds is 8. The summed E-state index contributed by atoms with van der Waals surface area (Å²) in [5.41, 5.74) is 3.97. The molecule has 8 heteroatoms. The highest BCUT2D eigenvalue weighted by atomic mass is 16.5. The van der Waals surface area contributed by atoms with E-state index in [-0.39, 0.29) is 12.4 Å². The molecule has 1 unspecified atom stereocenters. The summed E-state index contributed by atoms with van der Waals surface area (Å²) in [6.07, 6.45) is 1.92. The normalized spacial score (nSPS) is 17.2. The van der Waals surface area contributed by atoms with Gasteiger partial charge in [0.15, 0.2) is 17.3 Å². The second-order valence-corrected chi connectivity index (χ2v) is 8.65. The fourth-order valence-corrected chi connectivity index (χ4v) is 4.80. The molecule has 1 aliphatic heterocycles. The van der Waals surface area contributed by atoms with Crippen LogP contribution in [-0.4, -0.2) is 40.2 Å². The number of benzene rings is 2. The van der Waals surface area contributed by atoms with E-state index in [2.05, 4.69) is 5.32 Å². The van der Waals surface area contributed by atoms with Crippen LogP contribution in [0.2, 0.25) is 0 Å². The van der Waals surface area contributed by atoms with Gasteiger partial charge in [-0.15, -0.1) is 0 Å². The summed E-state index contributed by atoms with van der Waals surface area (Å²) in [4.78, 5) is 26.7. The summed E-state index contributed by atoms with van der Waals surface area (Å²) in [7, 11) is 6.19. The zero-order valence-corrected chi connectivity index (χ0v) is 21.2. The van der Waals surface area contributed by atoms with E-state index in [0.29, 0.717) is 46.1 Å². The third-order valence-corrected chi connectivity index (χ3v) is 6.55. The fraction of sp³-hybridized carbons (Fsp3) is 0.357. The first-order valence-electron chi connectivity index (χ1n) is 11.8. The van der Waals surface area contributed by atoms with Gasteiger partial charge in [-0.3, -0.25) is 4.79 Å². The SMILES string of the molecule is COc1ccc(COC(=O)C2=C(C)NC3=C(C(=O)CCC3)C2c2cc(OC)c(OC)c(OC)c2)cc1. The van der Waals surface area contributed by atoms with Crippen LogP contribution in [0.4, 0.5) is 0 Å². The number of methoxy groups -OCH3 is 4. The Kier molecular flexibility index (Phi) is 7.52. The molecule has 4 rings (SSSR count). The van der Waals surface area contributed by atoms with Crippen LogP contribution in [0.15, 0.2) is 58.9 Å². The molecular formula is C28H31NO7. The van der Waals surface area contributed by atoms with Crippen molar-refractivity contribution in [3.05, 3.63) is 70.1 Å². The van der Waals surface area contributed by atoms with E-state index in [1.54, 1.807) is 19.2 Å². The van der Waals surface area contributed by atoms with Crippen molar-refractivity contribution in [3.8, 4) is 23.0 Å². The van der Waals surface area contributed by atoms with Crippen LogP contribution in [0.5, 0.6) is 23.0 Å². The average molecular weight is 494 g/mol. The number of ether oxygens (including phenoxy) is 5. The Morgan fingerprint density at radius 2 is 1.61 bits per heavy atom. The lowest BCUT2D eigenvalue weighted by atomic mass is 9.75. The van der Waals surface area contributed by atoms with Crippen molar-refractivity contribution >= 4 is 11.8 Å². The van der Waals surface area contributed by atoms with E-state index in [1.807, 2.05) is 31.2 Å². The minimum Gasteiger partial charge on any atom is -0.497 e. The number of dihydropyridines is 1. The topological polar surface area (TPSA) is 92.3 Å². The lowest BCUT2D eigenvalue weighted by Gasteiger charge is -2.34. The molecule has 1 N–H and O–H groups in total. The molecule has 2 aliphatic rings. The Balaban J connectivity index is 1.76. The molecule has 8 nitrogen and oxygen atoms in total. The lowest BCUT2D eigenvalue weighted by Crippen LogP contribution is -2.34. The van der Waals surface area contributed by atoms with E-state index in [4.69, 9.17) is 23.7 Å². The highest BCUT2D eigenvalue weighted by molar-refractivity contribution is 6.03. The molecule has 0 fully saturated rings. The smallest absolute Gasteiger partial charge is 0.337 e. The Morgan fingerprint density at radius 3 is 2.19 bits per heavy atom. The summed E-state index contributed by atoms with van der Waals surface area (Å²) in [5, 5.41) is 3.31. The zero-order chi connectivity index (χ0) is 25.8. The van der Waals surface area contributed by atoms with Crippen LogP contribution in [-0.2, 0) is 20.9 Å². The first-order chi connectivity index (χ1) is 17.4. The van der Waals surface area contributed by atoms with Gasteiger partial charge in [-0.25, -0.2) is 4.79 Å². The van der Waals surface area contributed by atoms with Crippen LogP contribution in [0, 0.1) is 0 Å². The first-order valence-corrected chi connectivity index (χ1v) is 11.8. The van der Waals surface area contributed by atoms with Crippen molar-refractivity contribution in [3.63, 3.8) is 0 Å². The Morgan fingerprint density at radius 1 is 0.944 bits per heavy atom. The number of hydrogen-bond acceptors (Lipinski definition) is 8. The highest BCUT2D eigenvalue weighted by Gasteiger charge is 2.40. The molecule has 0 bridgehead atoms. The fourth-order valence-electron chi connectivity index (χ4n) is 4.80. The lowest BCUT2D eigenvalue weighted by molar-refractivity contribution is -0.140. The van der Waals surface area contributed by atoms with Crippen LogP contribution in [0.1, 0.15) is 43.2 Å². The minimum absolute atomic E-state index is 0.00968. The number of allylic oxidation sites excluding steroid dienone is 3. The van der Waals surface area contributed by atoms with Gasteiger partial charge in [0.25, 0.3) is 0 Å². The monoisotopic (exact) mass is 493 g/mol. The standard InChI is InChI=1S/C28H31NO7/c1-16-24(28(31)36-15-17-9-11-19(32-2)12-10-17)25(26-20(29-16)7-6-8-21(26)30)18-13-22(33-3)27(35-5)23(14-18)34-4/h9-14,25,29H,6-8,15H2,1-5H3. The Bertz CT molecular complexity index is 1200. The first kappa shape index (κ1) is 25.2. The van der Waals surface area contributed by atoms with Crippen LogP contribution in [0.25, 0.3) is 0 Å². The molecule has 0 saturated heterocycles. The molecule has 0 saturated carbocycles. The highest BCUT2D eigenvalue weighted by Crippen LogP contribution is 2.47. The maximum absolute atomic E-state index is 13.5. The third kappa shape index (κ3) is 4.76. The number of esters is 1. The molecule has 2 aromatic rings. The van der Waals surface area contributed by atoms with Gasteiger partial charge in [0, 0.05) is 29.3 Å². The molecule has 1 aliphatic carbocycles. The van der Waals surface area contributed by atoms with Gasteiger partial charge < -0.3 is 29.0 Å². The average Bonchev–Trinajstić information content (AvgIpc) is 2.90. The summed E-state index contributed by atoms with van der Waals surface area (Å²) < 4.78 is 27.5. The molecule has 0 spiro atoms. The number of hydrogen-bond donors (Lipinski definition) is 1. The van der Waals surface area contributed by atoms with E-state index < -0.39 is 11.9 Å². The van der Waals surface area contributed by atoms with Gasteiger partial charge in [0.1, 0.15) is 12.4 Å². The van der Waals surface area contributed by atoms with Crippen molar-refractivity contribution in [1.29, 1.82) is 0 Å². The summed E-state index contributed by atoms with van der Waals surface area (Å²) in [6.45, 7) is 1.92. The molecular weight excluding hydrogens is 462 g/mol. The summed E-state index contributed by atoms with van der Waals surface area (Å²) in [5.74, 6) is 0.920. The summed E-state index contributed by atoms with van der Waals surface area (Å²) in [6, 6.07) is 10.9. The van der Waals surface area contributed by atoms with Gasteiger partial charge in [-0.2, -0.15) is 0 Å². The van der Waals surface area contributed by atoms with E-state index in [9.17, 15) is 9.59 Å². The zero-order valence-electron chi connectivity index (χ0n) is 21.2.